The lowest BCUT2D eigenvalue weighted by atomic mass is 9.57. The number of ether oxygens (including phenoxy) is 3. The second-order valence-corrected chi connectivity index (χ2v) is 8.66. The van der Waals surface area contributed by atoms with Gasteiger partial charge in [-0.25, -0.2) is 14.6 Å². The monoisotopic (exact) mass is 410 g/mol. The van der Waals surface area contributed by atoms with E-state index < -0.39 is 54.1 Å². The van der Waals surface area contributed by atoms with Crippen molar-refractivity contribution in [3.8, 4) is 0 Å². The molecule has 7 nitrogen and oxygen atoms in total. The van der Waals surface area contributed by atoms with Crippen molar-refractivity contribution < 1.29 is 47.1 Å². The zero-order valence-electron chi connectivity index (χ0n) is 16.0. The summed E-state index contributed by atoms with van der Waals surface area (Å²) in [6.45, 7) is 3.89. The molecule has 1 N–H and O–H groups in total. The van der Waals surface area contributed by atoms with Crippen LogP contribution in [0, 0.1) is 23.7 Å². The smallest absolute Gasteiger partial charge is 0.443 e. The number of rotatable bonds is 3. The molecule has 0 amide bonds. The first kappa shape index (κ1) is 20.3. The predicted molar refractivity (Wildman–Crippen MR) is 85.4 cm³/mol. The first-order valence-corrected chi connectivity index (χ1v) is 9.60. The molecule has 0 aromatic heterocycles. The van der Waals surface area contributed by atoms with Crippen molar-refractivity contribution >= 4 is 5.97 Å². The Bertz CT molecular complexity index is 658. The van der Waals surface area contributed by atoms with Gasteiger partial charge < -0.3 is 19.3 Å². The van der Waals surface area contributed by atoms with E-state index in [1.807, 2.05) is 6.92 Å². The van der Waals surface area contributed by atoms with Gasteiger partial charge in [0.25, 0.3) is 5.79 Å². The fourth-order valence-electron chi connectivity index (χ4n) is 5.66. The third-order valence-corrected chi connectivity index (χ3v) is 7.07. The lowest BCUT2D eigenvalue weighted by Gasteiger charge is -2.62. The van der Waals surface area contributed by atoms with Crippen molar-refractivity contribution in [1.29, 1.82) is 0 Å². The number of aliphatic carboxylic acids is 1. The quantitative estimate of drug-likeness (QED) is 0.715. The van der Waals surface area contributed by atoms with Crippen LogP contribution in [0.1, 0.15) is 46.5 Å². The maximum Gasteiger partial charge on any atom is 0.443 e. The molecule has 0 radical (unpaired) electrons. The highest BCUT2D eigenvalue weighted by atomic mass is 19.4. The predicted octanol–water partition coefficient (Wildman–Crippen LogP) is 3.23. The summed E-state index contributed by atoms with van der Waals surface area (Å²) in [5.74, 6) is -7.60. The highest BCUT2D eigenvalue weighted by Crippen LogP contribution is 2.64. The summed E-state index contributed by atoms with van der Waals surface area (Å²) < 4.78 is 59.0. The van der Waals surface area contributed by atoms with Crippen LogP contribution in [-0.4, -0.2) is 47.3 Å². The van der Waals surface area contributed by atoms with Crippen LogP contribution < -0.4 is 0 Å². The summed E-state index contributed by atoms with van der Waals surface area (Å²) >= 11 is 0. The van der Waals surface area contributed by atoms with Crippen LogP contribution >= 0.6 is 0 Å². The SMILES string of the molecule is C[C@@H]1CC[C@H]2[C@@H](C)[C@@](OCC(=O)O)(C(F)(F)F)O[C@@H]3O[C@]4(C)CC[C@@H]1[C@]32OO4. The molecule has 2 bridgehead atoms. The summed E-state index contributed by atoms with van der Waals surface area (Å²) in [4.78, 5) is 22.3. The van der Waals surface area contributed by atoms with E-state index in [0.717, 1.165) is 6.42 Å². The summed E-state index contributed by atoms with van der Waals surface area (Å²) in [6.07, 6.45) is -4.04. The molecule has 0 aromatic rings. The van der Waals surface area contributed by atoms with Gasteiger partial charge in [-0.3, -0.25) is 0 Å². The van der Waals surface area contributed by atoms with Gasteiger partial charge in [0.05, 0.1) is 0 Å². The van der Waals surface area contributed by atoms with Crippen molar-refractivity contribution in [3.63, 3.8) is 0 Å². The molecule has 4 heterocycles. The normalized spacial score (nSPS) is 50.7. The molecule has 4 aliphatic heterocycles. The van der Waals surface area contributed by atoms with Crippen LogP contribution in [0.3, 0.4) is 0 Å². The fraction of sp³-hybridized carbons (Fsp3) is 0.944. The Morgan fingerprint density at radius 2 is 1.86 bits per heavy atom. The molecular formula is C18H25F3O7. The standard InChI is InChI=1S/C18H25F3O7/c1-9-4-5-12-10(2)17(18(19,20)21,24-8-13(22)23)26-14-16(12)11(9)6-7-15(3,25-14)27-28-16/h9-12,14H,4-8H2,1-3H3,(H,22,23)/t9-,10-,11+,12+,14+,15+,16-,17+/m1/s1. The van der Waals surface area contributed by atoms with Crippen LogP contribution in [0.5, 0.6) is 0 Å². The maximum absolute atomic E-state index is 14.2. The first-order valence-electron chi connectivity index (χ1n) is 9.60. The highest BCUT2D eigenvalue weighted by Gasteiger charge is 2.77. The third-order valence-electron chi connectivity index (χ3n) is 7.07. The molecule has 1 aliphatic carbocycles. The van der Waals surface area contributed by atoms with Crippen molar-refractivity contribution in [2.45, 2.75) is 76.1 Å². The number of carbonyl (C=O) groups is 1. The topological polar surface area (TPSA) is 83.5 Å². The number of carboxylic acids is 1. The van der Waals surface area contributed by atoms with Crippen molar-refractivity contribution in [2.24, 2.45) is 23.7 Å². The van der Waals surface area contributed by atoms with E-state index in [1.54, 1.807) is 6.92 Å². The highest BCUT2D eigenvalue weighted by molar-refractivity contribution is 5.68. The van der Waals surface area contributed by atoms with E-state index in [-0.39, 0.29) is 11.8 Å². The molecule has 5 rings (SSSR count). The average Bonchev–Trinajstić information content (AvgIpc) is 2.82. The van der Waals surface area contributed by atoms with E-state index in [1.165, 1.54) is 6.92 Å². The van der Waals surface area contributed by atoms with Crippen molar-refractivity contribution in [1.82, 2.24) is 0 Å². The molecule has 160 valence electrons. The molecule has 4 saturated heterocycles. The molecule has 5 aliphatic rings. The molecule has 8 atom stereocenters. The van der Waals surface area contributed by atoms with Crippen LogP contribution in [0.2, 0.25) is 0 Å². The lowest BCUT2D eigenvalue weighted by Crippen LogP contribution is -2.76. The van der Waals surface area contributed by atoms with Crippen LogP contribution in [0.15, 0.2) is 0 Å². The Hall–Kier alpha value is -0.940. The van der Waals surface area contributed by atoms with E-state index in [2.05, 4.69) is 0 Å². The first-order chi connectivity index (χ1) is 13.0. The van der Waals surface area contributed by atoms with Gasteiger partial charge in [-0.2, -0.15) is 13.2 Å². The van der Waals surface area contributed by atoms with Crippen LogP contribution in [-0.2, 0) is 28.8 Å². The second kappa shape index (κ2) is 6.28. The number of hydrogen-bond donors (Lipinski definition) is 1. The summed E-state index contributed by atoms with van der Waals surface area (Å²) in [7, 11) is 0. The largest absolute Gasteiger partial charge is 0.480 e. The zero-order chi connectivity index (χ0) is 20.5. The van der Waals surface area contributed by atoms with Gasteiger partial charge >= 0.3 is 12.1 Å². The number of fused-ring (bicyclic) bond motifs is 2. The fourth-order valence-corrected chi connectivity index (χ4v) is 5.66. The molecule has 28 heavy (non-hydrogen) atoms. The number of halogens is 3. The summed E-state index contributed by atoms with van der Waals surface area (Å²) in [6, 6.07) is 0. The Morgan fingerprint density at radius 3 is 2.50 bits per heavy atom. The lowest BCUT2D eigenvalue weighted by molar-refractivity contribution is -0.598. The summed E-state index contributed by atoms with van der Waals surface area (Å²) in [5, 5.41) is 8.92. The van der Waals surface area contributed by atoms with Gasteiger partial charge in [-0.1, -0.05) is 13.8 Å². The van der Waals surface area contributed by atoms with Gasteiger partial charge in [-0.15, -0.1) is 0 Å². The maximum atomic E-state index is 14.2. The Labute approximate surface area is 160 Å². The minimum Gasteiger partial charge on any atom is -0.480 e. The van der Waals surface area contributed by atoms with Gasteiger partial charge in [0, 0.05) is 18.3 Å². The number of hydrogen-bond acceptors (Lipinski definition) is 6. The molecule has 0 aromatic carbocycles. The summed E-state index contributed by atoms with van der Waals surface area (Å²) in [5.41, 5.74) is -1.19. The molecular weight excluding hydrogens is 385 g/mol. The van der Waals surface area contributed by atoms with Crippen LogP contribution in [0.25, 0.3) is 0 Å². The third kappa shape index (κ3) is 2.64. The Kier molecular flexibility index (Phi) is 4.56. The Balaban J connectivity index is 1.81. The molecule has 1 saturated carbocycles. The van der Waals surface area contributed by atoms with Gasteiger partial charge in [-0.05, 0) is 38.0 Å². The Morgan fingerprint density at radius 1 is 1.14 bits per heavy atom. The van der Waals surface area contributed by atoms with Gasteiger partial charge in [0.15, 0.2) is 11.9 Å². The van der Waals surface area contributed by atoms with E-state index in [0.29, 0.717) is 19.3 Å². The van der Waals surface area contributed by atoms with Crippen molar-refractivity contribution in [3.05, 3.63) is 0 Å². The second-order valence-electron chi connectivity index (χ2n) is 8.66. The number of carboxylic acid groups (broad SMARTS) is 1. The van der Waals surface area contributed by atoms with Gasteiger partial charge in [0.2, 0.25) is 5.79 Å². The molecule has 5 fully saturated rings. The molecule has 10 heteroatoms. The van der Waals surface area contributed by atoms with E-state index in [9.17, 15) is 18.0 Å². The molecule has 1 spiro atoms. The minimum atomic E-state index is -4.96. The average molecular weight is 410 g/mol. The molecule has 0 unspecified atom stereocenters. The van der Waals surface area contributed by atoms with E-state index >= 15 is 0 Å². The van der Waals surface area contributed by atoms with Gasteiger partial charge in [0.1, 0.15) is 6.61 Å². The number of alkyl halides is 3. The zero-order valence-corrected chi connectivity index (χ0v) is 16.0. The van der Waals surface area contributed by atoms with E-state index in [4.69, 9.17) is 29.1 Å². The van der Waals surface area contributed by atoms with Crippen molar-refractivity contribution in [2.75, 3.05) is 6.61 Å². The van der Waals surface area contributed by atoms with Crippen LogP contribution in [0.4, 0.5) is 13.2 Å². The minimum absolute atomic E-state index is 0.103.